The van der Waals surface area contributed by atoms with Gasteiger partial charge in [0.2, 0.25) is 10.0 Å². The van der Waals surface area contributed by atoms with E-state index in [1.54, 1.807) is 17.3 Å². The highest BCUT2D eigenvalue weighted by atomic mass is 32.2. The van der Waals surface area contributed by atoms with E-state index in [1.807, 2.05) is 6.92 Å². The Morgan fingerprint density at radius 1 is 1.40 bits per heavy atom. The summed E-state index contributed by atoms with van der Waals surface area (Å²) < 4.78 is 32.7. The number of hydrogen-bond donors (Lipinski definition) is 1. The fraction of sp³-hybridized carbons (Fsp3) is 0.714. The summed E-state index contributed by atoms with van der Waals surface area (Å²) in [7, 11) is -3.51. The van der Waals surface area contributed by atoms with Crippen LogP contribution < -0.4 is 5.73 Å². The predicted octanol–water partition coefficient (Wildman–Crippen LogP) is 2.10. The van der Waals surface area contributed by atoms with E-state index in [1.165, 1.54) is 0 Å². The highest BCUT2D eigenvalue weighted by Gasteiger charge is 2.38. The molecule has 5 nitrogen and oxygen atoms in total. The van der Waals surface area contributed by atoms with Crippen LogP contribution in [-0.2, 0) is 16.6 Å². The molecule has 1 aliphatic rings. The van der Waals surface area contributed by atoms with Crippen LogP contribution in [-0.4, -0.2) is 25.3 Å². The Kier molecular flexibility index (Phi) is 4.27. The van der Waals surface area contributed by atoms with Crippen LogP contribution in [0.5, 0.6) is 0 Å². The van der Waals surface area contributed by atoms with E-state index in [4.69, 9.17) is 10.2 Å². The number of piperidine rings is 1. The molecule has 3 unspecified atom stereocenters. The first-order chi connectivity index (χ1) is 9.27. The van der Waals surface area contributed by atoms with Gasteiger partial charge in [-0.1, -0.05) is 13.8 Å². The molecular formula is C14H24N2O3S. The monoisotopic (exact) mass is 300 g/mol. The Morgan fingerprint density at radius 3 is 2.60 bits per heavy atom. The van der Waals surface area contributed by atoms with Crippen molar-refractivity contribution in [3.05, 3.63) is 17.6 Å². The molecule has 2 rings (SSSR count). The Labute approximate surface area is 121 Å². The number of sulfonamides is 1. The minimum absolute atomic E-state index is 0.00632. The number of furan rings is 1. The minimum atomic E-state index is -3.51. The van der Waals surface area contributed by atoms with Gasteiger partial charge in [0.05, 0.1) is 6.54 Å². The normalized spacial score (nSPS) is 28.8. The molecule has 2 N–H and O–H groups in total. The Balaban J connectivity index is 2.40. The molecule has 0 aromatic carbocycles. The summed E-state index contributed by atoms with van der Waals surface area (Å²) in [6.07, 6.45) is 1.06. The number of rotatable bonds is 3. The van der Waals surface area contributed by atoms with Crippen LogP contribution in [0.25, 0.3) is 0 Å². The molecule has 3 atom stereocenters. The van der Waals surface area contributed by atoms with Gasteiger partial charge in [-0.2, -0.15) is 4.31 Å². The van der Waals surface area contributed by atoms with Gasteiger partial charge in [-0.25, -0.2) is 8.42 Å². The topological polar surface area (TPSA) is 76.5 Å². The molecule has 1 fully saturated rings. The van der Waals surface area contributed by atoms with Crippen LogP contribution in [0.3, 0.4) is 0 Å². The first kappa shape index (κ1) is 15.5. The van der Waals surface area contributed by atoms with Gasteiger partial charge in [-0.15, -0.1) is 0 Å². The van der Waals surface area contributed by atoms with Gasteiger partial charge in [0.15, 0.2) is 0 Å². The Morgan fingerprint density at radius 2 is 2.05 bits per heavy atom. The first-order valence-corrected chi connectivity index (χ1v) is 8.52. The summed E-state index contributed by atoms with van der Waals surface area (Å²) >= 11 is 0. The number of nitrogens with two attached hydrogens (primary N) is 1. The maximum Gasteiger partial charge on any atom is 0.246 e. The Bertz CT molecular complexity index is 579. The van der Waals surface area contributed by atoms with Crippen LogP contribution in [0.1, 0.15) is 38.7 Å². The van der Waals surface area contributed by atoms with Crippen molar-refractivity contribution in [3.63, 3.8) is 0 Å². The van der Waals surface area contributed by atoms with E-state index in [2.05, 4.69) is 13.8 Å². The van der Waals surface area contributed by atoms with Gasteiger partial charge < -0.3 is 10.2 Å². The fourth-order valence-corrected chi connectivity index (χ4v) is 5.02. The smallest absolute Gasteiger partial charge is 0.246 e. The molecule has 0 radical (unpaired) electrons. The molecule has 0 saturated carbocycles. The van der Waals surface area contributed by atoms with Crippen LogP contribution in [0.15, 0.2) is 15.4 Å². The third kappa shape index (κ3) is 2.64. The lowest BCUT2D eigenvalue weighted by atomic mass is 9.88. The third-order valence-electron chi connectivity index (χ3n) is 4.25. The summed E-state index contributed by atoms with van der Waals surface area (Å²) in [6.45, 7) is 8.63. The van der Waals surface area contributed by atoms with E-state index in [-0.39, 0.29) is 17.5 Å². The van der Waals surface area contributed by atoms with Gasteiger partial charge in [-0.05, 0) is 32.1 Å². The maximum absolute atomic E-state index is 12.9. The number of aryl methyl sites for hydroxylation is 1. The lowest BCUT2D eigenvalue weighted by molar-refractivity contribution is 0.157. The summed E-state index contributed by atoms with van der Waals surface area (Å²) in [5, 5.41) is 0. The van der Waals surface area contributed by atoms with Crippen molar-refractivity contribution >= 4 is 10.0 Å². The quantitative estimate of drug-likeness (QED) is 0.927. The first-order valence-electron chi connectivity index (χ1n) is 7.08. The van der Waals surface area contributed by atoms with Gasteiger partial charge in [-0.3, -0.25) is 0 Å². The maximum atomic E-state index is 12.9. The second-order valence-corrected chi connectivity index (χ2v) is 7.83. The number of hydrogen-bond acceptors (Lipinski definition) is 4. The zero-order valence-corrected chi connectivity index (χ0v) is 13.4. The van der Waals surface area contributed by atoms with E-state index in [9.17, 15) is 8.42 Å². The van der Waals surface area contributed by atoms with Crippen LogP contribution >= 0.6 is 0 Å². The molecule has 20 heavy (non-hydrogen) atoms. The largest absolute Gasteiger partial charge is 0.464 e. The number of nitrogens with zero attached hydrogens (tertiary/aromatic N) is 1. The van der Waals surface area contributed by atoms with E-state index in [0.29, 0.717) is 29.9 Å². The highest BCUT2D eigenvalue weighted by molar-refractivity contribution is 7.89. The Hall–Kier alpha value is -0.850. The van der Waals surface area contributed by atoms with Gasteiger partial charge in [0, 0.05) is 18.7 Å². The van der Waals surface area contributed by atoms with Gasteiger partial charge in [0.1, 0.15) is 16.4 Å². The minimum Gasteiger partial charge on any atom is -0.464 e. The lowest BCUT2D eigenvalue weighted by Crippen LogP contribution is -2.48. The molecule has 0 spiro atoms. The molecule has 6 heteroatoms. The molecular weight excluding hydrogens is 276 g/mol. The SMILES string of the molecule is Cc1oc(CN)cc1S(=O)(=O)N1CC(C)CC(C)C1C. The van der Waals surface area contributed by atoms with Crippen molar-refractivity contribution in [2.45, 2.75) is 51.6 Å². The molecule has 0 bridgehead atoms. The highest BCUT2D eigenvalue weighted by Crippen LogP contribution is 2.33. The van der Waals surface area contributed by atoms with Crippen LogP contribution in [0.4, 0.5) is 0 Å². The second kappa shape index (κ2) is 5.50. The van der Waals surface area contributed by atoms with Gasteiger partial charge in [0.25, 0.3) is 0 Å². The molecule has 1 saturated heterocycles. The molecule has 2 heterocycles. The van der Waals surface area contributed by atoms with Crippen LogP contribution in [0, 0.1) is 18.8 Å². The van der Waals surface area contributed by atoms with Crippen molar-refractivity contribution in [2.24, 2.45) is 17.6 Å². The zero-order valence-electron chi connectivity index (χ0n) is 12.6. The summed E-state index contributed by atoms with van der Waals surface area (Å²) in [6, 6.07) is 1.56. The lowest BCUT2D eigenvalue weighted by Gasteiger charge is -2.39. The molecule has 0 aliphatic carbocycles. The molecule has 114 valence electrons. The van der Waals surface area contributed by atoms with E-state index < -0.39 is 10.0 Å². The average Bonchev–Trinajstić information content (AvgIpc) is 2.75. The third-order valence-corrected chi connectivity index (χ3v) is 6.31. The molecule has 0 amide bonds. The molecule has 1 aliphatic heterocycles. The van der Waals surface area contributed by atoms with Crippen molar-refractivity contribution in [1.29, 1.82) is 0 Å². The van der Waals surface area contributed by atoms with Crippen molar-refractivity contribution in [2.75, 3.05) is 6.54 Å². The van der Waals surface area contributed by atoms with Crippen molar-refractivity contribution in [3.8, 4) is 0 Å². The fourth-order valence-electron chi connectivity index (χ4n) is 2.99. The summed E-state index contributed by atoms with van der Waals surface area (Å²) in [4.78, 5) is 0.256. The second-order valence-electron chi connectivity index (χ2n) is 5.97. The summed E-state index contributed by atoms with van der Waals surface area (Å²) in [5.41, 5.74) is 5.52. The van der Waals surface area contributed by atoms with Gasteiger partial charge >= 0.3 is 0 Å². The standard InChI is InChI=1S/C14H24N2O3S/c1-9-5-10(2)11(3)16(8-9)20(17,18)14-6-13(7-15)19-12(14)4/h6,9-11H,5,7-8,15H2,1-4H3. The van der Waals surface area contributed by atoms with Crippen LogP contribution in [0.2, 0.25) is 0 Å². The predicted molar refractivity (Wildman–Crippen MR) is 77.6 cm³/mol. The van der Waals surface area contributed by atoms with E-state index >= 15 is 0 Å². The van der Waals surface area contributed by atoms with E-state index in [0.717, 1.165) is 6.42 Å². The summed E-state index contributed by atoms with van der Waals surface area (Å²) in [5.74, 6) is 1.65. The zero-order chi connectivity index (χ0) is 15.1. The average molecular weight is 300 g/mol. The molecule has 1 aromatic heterocycles. The van der Waals surface area contributed by atoms with Crippen molar-refractivity contribution in [1.82, 2.24) is 4.31 Å². The molecule has 1 aromatic rings. The van der Waals surface area contributed by atoms with Crippen molar-refractivity contribution < 1.29 is 12.8 Å².